The lowest BCUT2D eigenvalue weighted by Gasteiger charge is -2.24. The molecule has 0 saturated heterocycles. The van der Waals surface area contributed by atoms with E-state index in [1.165, 1.54) is 26.2 Å². The molecule has 7 heteroatoms. The molecule has 1 unspecified atom stereocenters. The van der Waals surface area contributed by atoms with Gasteiger partial charge >= 0.3 is 0 Å². The minimum Gasteiger partial charge on any atom is -0.494 e. The van der Waals surface area contributed by atoms with E-state index in [4.69, 9.17) is 4.74 Å². The van der Waals surface area contributed by atoms with Gasteiger partial charge in [0.15, 0.2) is 11.6 Å². The number of hydrogen-bond donors (Lipinski definition) is 2. The molecule has 2 N–H and O–H groups in total. The molecular formula is C17H16F3NO3. The van der Waals surface area contributed by atoms with Gasteiger partial charge < -0.3 is 15.2 Å². The fraction of sp³-hybridized carbons (Fsp3) is 0.235. The highest BCUT2D eigenvalue weighted by Crippen LogP contribution is 2.24. The average molecular weight is 339 g/mol. The molecule has 0 radical (unpaired) electrons. The van der Waals surface area contributed by atoms with Crippen molar-refractivity contribution < 1.29 is 27.8 Å². The topological polar surface area (TPSA) is 58.6 Å². The zero-order valence-corrected chi connectivity index (χ0v) is 13.1. The Bertz CT molecular complexity index is 745. The van der Waals surface area contributed by atoms with Crippen molar-refractivity contribution in [3.8, 4) is 5.75 Å². The molecule has 0 aliphatic heterocycles. The first-order valence-electron chi connectivity index (χ1n) is 7.05. The summed E-state index contributed by atoms with van der Waals surface area (Å²) in [6, 6.07) is 7.01. The molecule has 0 aliphatic rings. The smallest absolute Gasteiger partial charge is 0.257 e. The standard InChI is InChI=1S/C17H16F3NO3/c1-17(23,10-3-5-11(18)6-4-10)9-21-16(22)14-12(19)7-8-13(24-2)15(14)20/h3-8,23H,9H2,1-2H3,(H,21,22). The largest absolute Gasteiger partial charge is 0.494 e. The zero-order valence-electron chi connectivity index (χ0n) is 13.1. The third kappa shape index (κ3) is 3.68. The highest BCUT2D eigenvalue weighted by molar-refractivity contribution is 5.95. The summed E-state index contributed by atoms with van der Waals surface area (Å²) in [4.78, 5) is 12.1. The van der Waals surface area contributed by atoms with Crippen LogP contribution in [0.25, 0.3) is 0 Å². The first kappa shape index (κ1) is 17.8. The number of halogens is 3. The molecular weight excluding hydrogens is 323 g/mol. The Hall–Kier alpha value is -2.54. The Morgan fingerprint density at radius 2 is 1.79 bits per heavy atom. The van der Waals surface area contributed by atoms with Crippen LogP contribution in [0.1, 0.15) is 22.8 Å². The van der Waals surface area contributed by atoms with E-state index in [0.717, 1.165) is 24.3 Å². The third-order valence-electron chi connectivity index (χ3n) is 3.56. The third-order valence-corrected chi connectivity index (χ3v) is 3.56. The van der Waals surface area contributed by atoms with E-state index < -0.39 is 34.5 Å². The molecule has 0 saturated carbocycles. The van der Waals surface area contributed by atoms with Gasteiger partial charge in [-0.1, -0.05) is 12.1 Å². The van der Waals surface area contributed by atoms with Crippen LogP contribution in [0.2, 0.25) is 0 Å². The van der Waals surface area contributed by atoms with Crippen LogP contribution in [0.3, 0.4) is 0 Å². The summed E-state index contributed by atoms with van der Waals surface area (Å²) >= 11 is 0. The second-order valence-electron chi connectivity index (χ2n) is 5.40. The van der Waals surface area contributed by atoms with Crippen LogP contribution >= 0.6 is 0 Å². The van der Waals surface area contributed by atoms with Crippen molar-refractivity contribution in [1.29, 1.82) is 0 Å². The van der Waals surface area contributed by atoms with Gasteiger partial charge in [-0.3, -0.25) is 4.79 Å². The summed E-state index contributed by atoms with van der Waals surface area (Å²) in [5.41, 5.74) is -2.00. The number of benzene rings is 2. The van der Waals surface area contributed by atoms with Crippen LogP contribution in [0, 0.1) is 17.5 Å². The van der Waals surface area contributed by atoms with E-state index in [1.807, 2.05) is 0 Å². The van der Waals surface area contributed by atoms with E-state index in [1.54, 1.807) is 0 Å². The van der Waals surface area contributed by atoms with Crippen molar-refractivity contribution in [2.24, 2.45) is 0 Å². The molecule has 0 fully saturated rings. The minimum atomic E-state index is -1.55. The normalized spacial score (nSPS) is 13.2. The van der Waals surface area contributed by atoms with Gasteiger partial charge in [0, 0.05) is 0 Å². The number of rotatable bonds is 5. The number of aliphatic hydroxyl groups is 1. The van der Waals surface area contributed by atoms with Crippen LogP contribution in [0.15, 0.2) is 36.4 Å². The van der Waals surface area contributed by atoms with Gasteiger partial charge in [0.1, 0.15) is 22.8 Å². The van der Waals surface area contributed by atoms with E-state index in [9.17, 15) is 23.1 Å². The molecule has 2 aromatic rings. The number of carbonyl (C=O) groups excluding carboxylic acids is 1. The van der Waals surface area contributed by atoms with Crippen LogP contribution < -0.4 is 10.1 Å². The molecule has 0 bridgehead atoms. The summed E-state index contributed by atoms with van der Waals surface area (Å²) in [7, 11) is 1.19. The van der Waals surface area contributed by atoms with E-state index in [2.05, 4.69) is 5.32 Å². The minimum absolute atomic E-state index is 0.271. The van der Waals surface area contributed by atoms with E-state index in [-0.39, 0.29) is 12.3 Å². The number of nitrogens with one attached hydrogen (secondary N) is 1. The van der Waals surface area contributed by atoms with Crippen molar-refractivity contribution in [3.05, 3.63) is 65.0 Å². The maximum Gasteiger partial charge on any atom is 0.257 e. The predicted molar refractivity (Wildman–Crippen MR) is 81.2 cm³/mol. The van der Waals surface area contributed by atoms with E-state index >= 15 is 0 Å². The average Bonchev–Trinajstić information content (AvgIpc) is 2.54. The Kier molecular flexibility index (Phi) is 5.14. The van der Waals surface area contributed by atoms with Crippen molar-refractivity contribution in [3.63, 3.8) is 0 Å². The number of amides is 1. The fourth-order valence-electron chi connectivity index (χ4n) is 2.15. The number of hydrogen-bond acceptors (Lipinski definition) is 3. The monoisotopic (exact) mass is 339 g/mol. The SMILES string of the molecule is COc1ccc(F)c(C(=O)NCC(C)(O)c2ccc(F)cc2)c1F. The van der Waals surface area contributed by atoms with Gasteiger partial charge in [-0.15, -0.1) is 0 Å². The second kappa shape index (κ2) is 6.92. The summed E-state index contributed by atoms with van der Waals surface area (Å²) in [5, 5.41) is 12.6. The van der Waals surface area contributed by atoms with Crippen molar-refractivity contribution >= 4 is 5.91 Å². The fourth-order valence-corrected chi connectivity index (χ4v) is 2.15. The van der Waals surface area contributed by atoms with Crippen LogP contribution in [0.5, 0.6) is 5.75 Å². The maximum atomic E-state index is 14.0. The quantitative estimate of drug-likeness (QED) is 0.881. The highest BCUT2D eigenvalue weighted by Gasteiger charge is 2.27. The van der Waals surface area contributed by atoms with Crippen molar-refractivity contribution in [2.75, 3.05) is 13.7 Å². The van der Waals surface area contributed by atoms with Gasteiger partial charge in [-0.05, 0) is 36.8 Å². The van der Waals surface area contributed by atoms with Gasteiger partial charge in [0.25, 0.3) is 5.91 Å². The van der Waals surface area contributed by atoms with Crippen LogP contribution in [-0.4, -0.2) is 24.7 Å². The van der Waals surface area contributed by atoms with Gasteiger partial charge in [-0.2, -0.15) is 0 Å². The molecule has 0 heterocycles. The molecule has 128 valence electrons. The van der Waals surface area contributed by atoms with Gasteiger partial charge in [0.05, 0.1) is 13.7 Å². The molecule has 2 rings (SSSR count). The number of ether oxygens (including phenoxy) is 1. The molecule has 0 spiro atoms. The highest BCUT2D eigenvalue weighted by atomic mass is 19.1. The summed E-state index contributed by atoms with van der Waals surface area (Å²) in [6.45, 7) is 1.06. The predicted octanol–water partition coefficient (Wildman–Crippen LogP) is 2.75. The Balaban J connectivity index is 2.17. The number of carbonyl (C=O) groups is 1. The van der Waals surface area contributed by atoms with E-state index in [0.29, 0.717) is 5.56 Å². The summed E-state index contributed by atoms with van der Waals surface area (Å²) in [5.74, 6) is -3.96. The Morgan fingerprint density at radius 3 is 2.38 bits per heavy atom. The maximum absolute atomic E-state index is 14.0. The van der Waals surface area contributed by atoms with Crippen molar-refractivity contribution in [2.45, 2.75) is 12.5 Å². The first-order chi connectivity index (χ1) is 11.3. The molecule has 1 atom stereocenters. The first-order valence-corrected chi connectivity index (χ1v) is 7.05. The second-order valence-corrected chi connectivity index (χ2v) is 5.40. The molecule has 0 aliphatic carbocycles. The molecule has 1 amide bonds. The Labute approximate surface area is 136 Å². The lowest BCUT2D eigenvalue weighted by atomic mass is 9.96. The number of methoxy groups -OCH3 is 1. The summed E-state index contributed by atoms with van der Waals surface area (Å²) < 4.78 is 45.4. The zero-order chi connectivity index (χ0) is 17.9. The van der Waals surface area contributed by atoms with Crippen molar-refractivity contribution in [1.82, 2.24) is 5.32 Å². The molecule has 4 nitrogen and oxygen atoms in total. The lowest BCUT2D eigenvalue weighted by molar-refractivity contribution is 0.0523. The van der Waals surface area contributed by atoms with Gasteiger partial charge in [0.2, 0.25) is 0 Å². The lowest BCUT2D eigenvalue weighted by Crippen LogP contribution is -2.39. The molecule has 2 aromatic carbocycles. The van der Waals surface area contributed by atoms with Crippen LogP contribution in [0.4, 0.5) is 13.2 Å². The molecule has 24 heavy (non-hydrogen) atoms. The molecule has 0 aromatic heterocycles. The Morgan fingerprint density at radius 1 is 1.17 bits per heavy atom. The van der Waals surface area contributed by atoms with Crippen LogP contribution in [-0.2, 0) is 5.60 Å². The van der Waals surface area contributed by atoms with Gasteiger partial charge in [-0.25, -0.2) is 13.2 Å². The summed E-state index contributed by atoms with van der Waals surface area (Å²) in [6.07, 6.45) is 0.